The maximum absolute atomic E-state index is 12.2. The molecule has 0 radical (unpaired) electrons. The van der Waals surface area contributed by atoms with Crippen molar-refractivity contribution in [1.82, 2.24) is 15.3 Å². The van der Waals surface area contributed by atoms with E-state index >= 15 is 0 Å². The van der Waals surface area contributed by atoms with E-state index in [0.29, 0.717) is 5.75 Å². The van der Waals surface area contributed by atoms with Crippen LogP contribution in [0, 0.1) is 0 Å². The molecule has 136 valence electrons. The topological polar surface area (TPSA) is 67.0 Å². The van der Waals surface area contributed by atoms with Gasteiger partial charge in [0.1, 0.15) is 5.75 Å². The molecule has 0 aliphatic rings. The Labute approximate surface area is 157 Å². The van der Waals surface area contributed by atoms with Gasteiger partial charge < -0.3 is 15.0 Å². The first-order valence-corrected chi connectivity index (χ1v) is 9.62. The van der Waals surface area contributed by atoms with Gasteiger partial charge >= 0.3 is 0 Å². The first-order valence-electron chi connectivity index (χ1n) is 8.64. The van der Waals surface area contributed by atoms with Gasteiger partial charge in [-0.05, 0) is 37.5 Å². The van der Waals surface area contributed by atoms with Crippen LogP contribution in [0.15, 0.2) is 53.7 Å². The molecule has 0 aliphatic heterocycles. The Morgan fingerprint density at radius 2 is 2.08 bits per heavy atom. The summed E-state index contributed by atoms with van der Waals surface area (Å²) in [5.74, 6) is 1.14. The van der Waals surface area contributed by atoms with E-state index in [9.17, 15) is 4.79 Å². The number of imidazole rings is 1. The van der Waals surface area contributed by atoms with Crippen LogP contribution in [0.5, 0.6) is 5.75 Å². The highest BCUT2D eigenvalue weighted by atomic mass is 32.2. The van der Waals surface area contributed by atoms with E-state index in [0.717, 1.165) is 34.8 Å². The number of nitrogens with zero attached hydrogens (tertiary/aromatic N) is 1. The summed E-state index contributed by atoms with van der Waals surface area (Å²) in [5.41, 5.74) is 3.06. The summed E-state index contributed by atoms with van der Waals surface area (Å²) in [6.07, 6.45) is 1.88. The molecule has 1 amide bonds. The summed E-state index contributed by atoms with van der Waals surface area (Å²) in [7, 11) is 1.64. The Morgan fingerprint density at radius 1 is 1.27 bits per heavy atom. The molecule has 1 atom stereocenters. The lowest BCUT2D eigenvalue weighted by Crippen LogP contribution is -2.34. The Morgan fingerprint density at radius 3 is 2.85 bits per heavy atom. The van der Waals surface area contributed by atoms with Gasteiger partial charge in [-0.25, -0.2) is 4.98 Å². The molecule has 0 bridgehead atoms. The molecule has 1 aromatic heterocycles. The van der Waals surface area contributed by atoms with Crippen LogP contribution in [-0.4, -0.2) is 34.8 Å². The number of hydrogen-bond acceptors (Lipinski definition) is 4. The van der Waals surface area contributed by atoms with Crippen molar-refractivity contribution in [2.45, 2.75) is 31.0 Å². The van der Waals surface area contributed by atoms with Crippen LogP contribution < -0.4 is 10.1 Å². The van der Waals surface area contributed by atoms with Gasteiger partial charge in [0.2, 0.25) is 5.91 Å². The summed E-state index contributed by atoms with van der Waals surface area (Å²) >= 11 is 1.40. The van der Waals surface area contributed by atoms with Crippen molar-refractivity contribution in [2.75, 3.05) is 12.9 Å². The number of rotatable bonds is 8. The van der Waals surface area contributed by atoms with Crippen molar-refractivity contribution in [3.05, 3.63) is 54.1 Å². The third kappa shape index (κ3) is 5.02. The Hall–Kier alpha value is -2.47. The van der Waals surface area contributed by atoms with Crippen molar-refractivity contribution in [2.24, 2.45) is 0 Å². The molecule has 6 heteroatoms. The molecule has 3 aromatic rings. The number of thioether (sulfide) groups is 1. The van der Waals surface area contributed by atoms with Crippen molar-refractivity contribution < 1.29 is 9.53 Å². The first kappa shape index (κ1) is 18.3. The molecule has 2 aromatic carbocycles. The highest BCUT2D eigenvalue weighted by Gasteiger charge is 2.10. The smallest absolute Gasteiger partial charge is 0.230 e. The largest absolute Gasteiger partial charge is 0.497 e. The minimum Gasteiger partial charge on any atom is -0.497 e. The normalized spacial score (nSPS) is 12.1. The number of carbonyl (C=O) groups excluding carboxylic acids is 1. The van der Waals surface area contributed by atoms with E-state index in [-0.39, 0.29) is 11.9 Å². The predicted molar refractivity (Wildman–Crippen MR) is 106 cm³/mol. The number of hydrogen-bond donors (Lipinski definition) is 2. The maximum atomic E-state index is 12.2. The average Bonchev–Trinajstić information content (AvgIpc) is 3.07. The number of aromatic nitrogens is 2. The number of aryl methyl sites for hydroxylation is 1. The molecular weight excluding hydrogens is 346 g/mol. The van der Waals surface area contributed by atoms with Gasteiger partial charge in [0.25, 0.3) is 0 Å². The predicted octanol–water partition coefficient (Wildman–Crippen LogP) is 3.80. The minimum atomic E-state index is 0.0219. The number of aromatic amines is 1. The van der Waals surface area contributed by atoms with Crippen LogP contribution in [0.25, 0.3) is 11.0 Å². The van der Waals surface area contributed by atoms with E-state index in [1.54, 1.807) is 7.11 Å². The number of fused-ring (bicyclic) bond motifs is 1. The number of ether oxygens (including phenoxy) is 1. The average molecular weight is 369 g/mol. The molecule has 1 heterocycles. The quantitative estimate of drug-likeness (QED) is 0.593. The summed E-state index contributed by atoms with van der Waals surface area (Å²) in [4.78, 5) is 19.9. The third-order valence-electron chi connectivity index (χ3n) is 4.12. The molecule has 0 saturated heterocycles. The highest BCUT2D eigenvalue weighted by Crippen LogP contribution is 2.23. The van der Waals surface area contributed by atoms with Crippen LogP contribution in [0.3, 0.4) is 0 Å². The SMILES string of the molecule is COc1ccc2nc(SCC(=O)NC(C)CCc3ccccc3)[nH]c2c1. The molecular formula is C20H23N3O2S. The second kappa shape index (κ2) is 8.76. The van der Waals surface area contributed by atoms with Gasteiger partial charge in [0, 0.05) is 12.1 Å². The van der Waals surface area contributed by atoms with Crippen molar-refractivity contribution in [1.29, 1.82) is 0 Å². The molecule has 0 aliphatic carbocycles. The highest BCUT2D eigenvalue weighted by molar-refractivity contribution is 7.99. The van der Waals surface area contributed by atoms with Crippen LogP contribution in [0.4, 0.5) is 0 Å². The van der Waals surface area contributed by atoms with E-state index in [2.05, 4.69) is 27.4 Å². The van der Waals surface area contributed by atoms with Gasteiger partial charge in [0.15, 0.2) is 5.16 Å². The van der Waals surface area contributed by atoms with Crippen LogP contribution in [-0.2, 0) is 11.2 Å². The number of amides is 1. The van der Waals surface area contributed by atoms with Gasteiger partial charge in [-0.3, -0.25) is 4.79 Å². The monoisotopic (exact) mass is 369 g/mol. The Balaban J connectivity index is 1.46. The zero-order valence-corrected chi connectivity index (χ0v) is 15.8. The lowest BCUT2D eigenvalue weighted by atomic mass is 10.1. The second-order valence-electron chi connectivity index (χ2n) is 6.21. The lowest BCUT2D eigenvalue weighted by molar-refractivity contribution is -0.119. The zero-order chi connectivity index (χ0) is 18.4. The fraction of sp³-hybridized carbons (Fsp3) is 0.300. The van der Waals surface area contributed by atoms with Gasteiger partial charge in [-0.2, -0.15) is 0 Å². The Kier molecular flexibility index (Phi) is 6.17. The molecule has 1 unspecified atom stereocenters. The van der Waals surface area contributed by atoms with E-state index < -0.39 is 0 Å². The number of carbonyl (C=O) groups is 1. The summed E-state index contributed by atoms with van der Waals surface area (Å²) < 4.78 is 5.21. The molecule has 0 fully saturated rings. The Bertz CT molecular complexity index is 864. The summed E-state index contributed by atoms with van der Waals surface area (Å²) in [5, 5.41) is 3.79. The summed E-state index contributed by atoms with van der Waals surface area (Å²) in [6, 6.07) is 16.1. The van der Waals surface area contributed by atoms with Gasteiger partial charge in [-0.1, -0.05) is 42.1 Å². The number of H-pyrrole nitrogens is 1. The first-order chi connectivity index (χ1) is 12.6. The fourth-order valence-corrected chi connectivity index (χ4v) is 3.41. The van der Waals surface area contributed by atoms with E-state index in [1.165, 1.54) is 17.3 Å². The van der Waals surface area contributed by atoms with Crippen molar-refractivity contribution >= 4 is 28.7 Å². The third-order valence-corrected chi connectivity index (χ3v) is 5.00. The molecule has 0 saturated carbocycles. The molecule has 0 spiro atoms. The maximum Gasteiger partial charge on any atom is 0.230 e. The zero-order valence-electron chi connectivity index (χ0n) is 15.0. The second-order valence-corrected chi connectivity index (χ2v) is 7.17. The lowest BCUT2D eigenvalue weighted by Gasteiger charge is -2.13. The minimum absolute atomic E-state index is 0.0219. The molecule has 26 heavy (non-hydrogen) atoms. The van der Waals surface area contributed by atoms with Crippen molar-refractivity contribution in [3.8, 4) is 5.75 Å². The number of benzene rings is 2. The number of nitrogens with one attached hydrogen (secondary N) is 2. The van der Waals surface area contributed by atoms with E-state index in [4.69, 9.17) is 4.74 Å². The summed E-state index contributed by atoms with van der Waals surface area (Å²) in [6.45, 7) is 2.04. The molecule has 2 N–H and O–H groups in total. The van der Waals surface area contributed by atoms with Crippen LogP contribution in [0.2, 0.25) is 0 Å². The van der Waals surface area contributed by atoms with E-state index in [1.807, 2.05) is 43.3 Å². The van der Waals surface area contributed by atoms with Crippen LogP contribution in [0.1, 0.15) is 18.9 Å². The van der Waals surface area contributed by atoms with Gasteiger partial charge in [-0.15, -0.1) is 0 Å². The molecule has 5 nitrogen and oxygen atoms in total. The number of methoxy groups -OCH3 is 1. The molecule has 3 rings (SSSR count). The fourth-order valence-electron chi connectivity index (χ4n) is 2.71. The standard InChI is InChI=1S/C20H23N3O2S/c1-14(8-9-15-6-4-3-5-7-15)21-19(24)13-26-20-22-17-11-10-16(25-2)12-18(17)23-20/h3-7,10-12,14H,8-9,13H2,1-2H3,(H,21,24)(H,22,23). The van der Waals surface area contributed by atoms with Gasteiger partial charge in [0.05, 0.1) is 23.9 Å². The van der Waals surface area contributed by atoms with Crippen molar-refractivity contribution in [3.63, 3.8) is 0 Å². The van der Waals surface area contributed by atoms with Crippen LogP contribution >= 0.6 is 11.8 Å².